The minimum atomic E-state index is -0.109. The molecule has 3 nitrogen and oxygen atoms in total. The van der Waals surface area contributed by atoms with Crippen LogP contribution in [-0.4, -0.2) is 15.7 Å². The minimum Gasteiger partial charge on any atom is -0.301 e. The van der Waals surface area contributed by atoms with E-state index in [0.717, 1.165) is 20.8 Å². The Morgan fingerprint density at radius 1 is 1.38 bits per heavy atom. The van der Waals surface area contributed by atoms with Gasteiger partial charge in [-0.3, -0.25) is 4.79 Å². The van der Waals surface area contributed by atoms with E-state index in [-0.39, 0.29) is 5.56 Å². The zero-order valence-corrected chi connectivity index (χ0v) is 13.0. The number of thioether (sulfide) groups is 1. The molecule has 1 aromatic carbocycles. The third-order valence-corrected chi connectivity index (χ3v) is 4.85. The van der Waals surface area contributed by atoms with Crippen LogP contribution in [0.4, 0.5) is 0 Å². The van der Waals surface area contributed by atoms with Gasteiger partial charge in [-0.2, -0.15) is 0 Å². The van der Waals surface area contributed by atoms with Crippen molar-refractivity contribution >= 4 is 33.3 Å². The number of hydrogen-bond donors (Lipinski definition) is 1. The maximum absolute atomic E-state index is 12.4. The van der Waals surface area contributed by atoms with Gasteiger partial charge in [0.15, 0.2) is 5.16 Å². The van der Waals surface area contributed by atoms with Crippen LogP contribution >= 0.6 is 23.1 Å². The molecule has 0 saturated carbocycles. The van der Waals surface area contributed by atoms with E-state index in [2.05, 4.69) is 15.9 Å². The van der Waals surface area contributed by atoms with Crippen LogP contribution in [-0.2, 0) is 0 Å². The number of rotatable bonds is 3. The number of aromatic amines is 1. The predicted molar refractivity (Wildman–Crippen MR) is 90.0 cm³/mol. The number of nitrogens with zero attached hydrogens (tertiary/aromatic N) is 1. The smallest absolute Gasteiger partial charge is 0.260 e. The van der Waals surface area contributed by atoms with Gasteiger partial charge in [0, 0.05) is 10.4 Å². The van der Waals surface area contributed by atoms with Gasteiger partial charge in [0.05, 0.1) is 11.1 Å². The number of aromatic nitrogens is 2. The SMILES string of the molecule is C#CCSc1nc2sc(C)c(-c3ccccc3)c2c(=O)[nH]1. The van der Waals surface area contributed by atoms with Crippen LogP contribution in [0.1, 0.15) is 4.88 Å². The Morgan fingerprint density at radius 2 is 2.14 bits per heavy atom. The molecule has 0 unspecified atom stereocenters. The van der Waals surface area contributed by atoms with Crippen molar-refractivity contribution in [3.8, 4) is 23.5 Å². The summed E-state index contributed by atoms with van der Waals surface area (Å²) in [6, 6.07) is 9.92. The van der Waals surface area contributed by atoms with E-state index in [0.29, 0.717) is 16.3 Å². The molecule has 5 heteroatoms. The highest BCUT2D eigenvalue weighted by molar-refractivity contribution is 7.99. The first-order valence-corrected chi connectivity index (χ1v) is 8.16. The molecule has 0 bridgehead atoms. The lowest BCUT2D eigenvalue weighted by Crippen LogP contribution is -2.08. The normalized spacial score (nSPS) is 10.7. The first-order valence-electron chi connectivity index (χ1n) is 6.36. The number of nitrogens with one attached hydrogen (secondary N) is 1. The molecule has 3 rings (SSSR count). The van der Waals surface area contributed by atoms with Gasteiger partial charge in [0.1, 0.15) is 4.83 Å². The van der Waals surface area contributed by atoms with Gasteiger partial charge in [-0.1, -0.05) is 48.0 Å². The lowest BCUT2D eigenvalue weighted by molar-refractivity contribution is 0.983. The standard InChI is InChI=1S/C16H12N2OS2/c1-3-9-20-16-17-14(19)13-12(10(2)21-15(13)18-16)11-7-5-4-6-8-11/h1,4-8H,9H2,2H3,(H,17,18,19). The van der Waals surface area contributed by atoms with Gasteiger partial charge < -0.3 is 4.98 Å². The Kier molecular flexibility index (Phi) is 3.82. The summed E-state index contributed by atoms with van der Waals surface area (Å²) in [6.07, 6.45) is 5.24. The van der Waals surface area contributed by atoms with Crippen molar-refractivity contribution in [1.29, 1.82) is 0 Å². The fraction of sp³-hybridized carbons (Fsp3) is 0.125. The Labute approximate surface area is 130 Å². The molecule has 2 heterocycles. The number of aryl methyl sites for hydroxylation is 1. The van der Waals surface area contributed by atoms with Crippen molar-refractivity contribution in [2.24, 2.45) is 0 Å². The summed E-state index contributed by atoms with van der Waals surface area (Å²) in [4.78, 5) is 21.6. The maximum atomic E-state index is 12.4. The Hall–Kier alpha value is -2.03. The van der Waals surface area contributed by atoms with Gasteiger partial charge in [-0.05, 0) is 12.5 Å². The molecule has 0 amide bonds. The first kappa shape index (κ1) is 13.9. The Balaban J connectivity index is 2.22. The van der Waals surface area contributed by atoms with E-state index in [9.17, 15) is 4.79 Å². The zero-order chi connectivity index (χ0) is 14.8. The molecule has 0 spiro atoms. The minimum absolute atomic E-state index is 0.109. The second-order valence-electron chi connectivity index (χ2n) is 4.44. The molecule has 0 atom stereocenters. The summed E-state index contributed by atoms with van der Waals surface area (Å²) >= 11 is 2.90. The van der Waals surface area contributed by atoms with E-state index in [1.807, 2.05) is 37.3 Å². The fourth-order valence-corrected chi connectivity index (χ4v) is 3.87. The van der Waals surface area contributed by atoms with Gasteiger partial charge in [0.25, 0.3) is 5.56 Å². The van der Waals surface area contributed by atoms with Crippen LogP contribution in [0.15, 0.2) is 40.3 Å². The highest BCUT2D eigenvalue weighted by Gasteiger charge is 2.16. The molecule has 21 heavy (non-hydrogen) atoms. The van der Waals surface area contributed by atoms with Crippen molar-refractivity contribution in [3.05, 3.63) is 45.6 Å². The van der Waals surface area contributed by atoms with E-state index in [1.165, 1.54) is 23.1 Å². The van der Waals surface area contributed by atoms with Crippen molar-refractivity contribution < 1.29 is 0 Å². The highest BCUT2D eigenvalue weighted by Crippen LogP contribution is 2.35. The van der Waals surface area contributed by atoms with Crippen molar-refractivity contribution in [2.75, 3.05) is 5.75 Å². The zero-order valence-electron chi connectivity index (χ0n) is 11.3. The van der Waals surface area contributed by atoms with Gasteiger partial charge in [-0.25, -0.2) is 4.98 Å². The summed E-state index contributed by atoms with van der Waals surface area (Å²) in [5.74, 6) is 3.02. The summed E-state index contributed by atoms with van der Waals surface area (Å²) in [5.41, 5.74) is 1.90. The second kappa shape index (κ2) is 5.76. The molecule has 0 aliphatic carbocycles. The van der Waals surface area contributed by atoms with Gasteiger partial charge in [-0.15, -0.1) is 17.8 Å². The number of thiophene rings is 1. The molecule has 0 aliphatic heterocycles. The lowest BCUT2D eigenvalue weighted by Gasteiger charge is -2.01. The van der Waals surface area contributed by atoms with Crippen LogP contribution in [0.25, 0.3) is 21.3 Å². The number of H-pyrrole nitrogens is 1. The van der Waals surface area contributed by atoms with Crippen molar-refractivity contribution in [2.45, 2.75) is 12.1 Å². The van der Waals surface area contributed by atoms with Crippen molar-refractivity contribution in [1.82, 2.24) is 9.97 Å². The topological polar surface area (TPSA) is 45.8 Å². The third-order valence-electron chi connectivity index (χ3n) is 3.07. The van der Waals surface area contributed by atoms with Gasteiger partial charge >= 0.3 is 0 Å². The van der Waals surface area contributed by atoms with E-state index in [1.54, 1.807) is 0 Å². The highest BCUT2D eigenvalue weighted by atomic mass is 32.2. The maximum Gasteiger partial charge on any atom is 0.260 e. The Bertz CT molecular complexity index is 888. The summed E-state index contributed by atoms with van der Waals surface area (Å²) in [6.45, 7) is 2.02. The Morgan fingerprint density at radius 3 is 2.86 bits per heavy atom. The fourth-order valence-electron chi connectivity index (χ4n) is 2.23. The molecule has 0 fully saturated rings. The predicted octanol–water partition coefficient (Wildman–Crippen LogP) is 3.69. The van der Waals surface area contributed by atoms with Crippen LogP contribution in [0.3, 0.4) is 0 Å². The van der Waals surface area contributed by atoms with Gasteiger partial charge in [0.2, 0.25) is 0 Å². The molecule has 0 aliphatic rings. The lowest BCUT2D eigenvalue weighted by atomic mass is 10.0. The summed E-state index contributed by atoms with van der Waals surface area (Å²) in [5, 5.41) is 1.24. The molecule has 3 aromatic rings. The van der Waals surface area contributed by atoms with E-state index < -0.39 is 0 Å². The quantitative estimate of drug-likeness (QED) is 0.456. The molecular weight excluding hydrogens is 300 g/mol. The second-order valence-corrected chi connectivity index (χ2v) is 6.61. The molecule has 104 valence electrons. The summed E-state index contributed by atoms with van der Waals surface area (Å²) < 4.78 is 0. The molecule has 0 saturated heterocycles. The average molecular weight is 312 g/mol. The van der Waals surface area contributed by atoms with E-state index in [4.69, 9.17) is 6.42 Å². The first-order chi connectivity index (χ1) is 10.2. The monoisotopic (exact) mass is 312 g/mol. The number of fused-ring (bicyclic) bond motifs is 1. The van der Waals surface area contributed by atoms with Crippen LogP contribution in [0.5, 0.6) is 0 Å². The molecule has 0 radical (unpaired) electrons. The number of hydrogen-bond acceptors (Lipinski definition) is 4. The largest absolute Gasteiger partial charge is 0.301 e. The van der Waals surface area contributed by atoms with E-state index >= 15 is 0 Å². The van der Waals surface area contributed by atoms with Crippen LogP contribution in [0.2, 0.25) is 0 Å². The number of benzene rings is 1. The van der Waals surface area contributed by atoms with Crippen LogP contribution < -0.4 is 5.56 Å². The average Bonchev–Trinajstić information content (AvgIpc) is 2.82. The number of terminal acetylenes is 1. The molecular formula is C16H12N2OS2. The van der Waals surface area contributed by atoms with Crippen molar-refractivity contribution in [3.63, 3.8) is 0 Å². The molecule has 1 N–H and O–H groups in total. The third kappa shape index (κ3) is 2.60. The summed E-state index contributed by atoms with van der Waals surface area (Å²) in [7, 11) is 0. The van der Waals surface area contributed by atoms with Crippen LogP contribution in [0, 0.1) is 19.3 Å². The molecule has 2 aromatic heterocycles.